The molecule has 0 aliphatic carbocycles. The number of nitrogens with two attached hydrogens (primary N) is 1. The number of nitrogens with one attached hydrogen (secondary N) is 1. The highest BCUT2D eigenvalue weighted by atomic mass is 79.9. The van der Waals surface area contributed by atoms with Gasteiger partial charge in [-0.25, -0.2) is 0 Å². The molecule has 0 fully saturated rings. The maximum absolute atomic E-state index is 5.45. The number of unbranched alkanes of at least 4 members (excludes halogenated alkanes) is 1. The summed E-state index contributed by atoms with van der Waals surface area (Å²) in [5.74, 6) is 0. The Morgan fingerprint density at radius 3 is 2.64 bits per heavy atom. The van der Waals surface area contributed by atoms with Gasteiger partial charge in [0, 0.05) is 24.7 Å². The van der Waals surface area contributed by atoms with E-state index in [4.69, 9.17) is 20.0 Å². The minimum atomic E-state index is 0.466. The van der Waals surface area contributed by atoms with Gasteiger partial charge in [0.05, 0.1) is 25.5 Å². The van der Waals surface area contributed by atoms with E-state index < -0.39 is 0 Å². The molecule has 0 saturated carbocycles. The van der Waals surface area contributed by atoms with Crippen LogP contribution in [0.2, 0.25) is 0 Å². The highest BCUT2D eigenvalue weighted by molar-refractivity contribution is 9.10. The third-order valence-corrected chi connectivity index (χ3v) is 3.36. The molecule has 0 aliphatic rings. The molecule has 0 unspecified atom stereocenters. The molecule has 0 heterocycles. The second-order valence-corrected chi connectivity index (χ2v) is 5.53. The van der Waals surface area contributed by atoms with E-state index >= 15 is 0 Å². The number of allylic oxidation sites excluding steroid dienone is 1. The fourth-order valence-corrected chi connectivity index (χ4v) is 1.98. The van der Waals surface area contributed by atoms with Crippen LogP contribution >= 0.6 is 15.9 Å². The van der Waals surface area contributed by atoms with Crippen molar-refractivity contribution in [3.05, 3.63) is 40.4 Å². The van der Waals surface area contributed by atoms with Crippen molar-refractivity contribution in [2.24, 2.45) is 5.73 Å². The van der Waals surface area contributed by atoms with Gasteiger partial charge in [-0.05, 0) is 30.5 Å². The fourth-order valence-electron chi connectivity index (χ4n) is 1.71. The average molecular weight is 373 g/mol. The number of methoxy groups -OCH3 is 1. The molecule has 0 amide bonds. The summed E-state index contributed by atoms with van der Waals surface area (Å²) >= 11 is 3.44. The van der Waals surface area contributed by atoms with E-state index in [0.717, 1.165) is 35.2 Å². The van der Waals surface area contributed by atoms with Gasteiger partial charge in [-0.1, -0.05) is 34.1 Å². The largest absolute Gasteiger partial charge is 0.382 e. The third-order valence-electron chi connectivity index (χ3n) is 2.83. The summed E-state index contributed by atoms with van der Waals surface area (Å²) in [6.07, 6.45) is 3.96. The van der Waals surface area contributed by atoms with Crippen molar-refractivity contribution in [3.63, 3.8) is 0 Å². The maximum atomic E-state index is 5.45. The first-order valence-electron chi connectivity index (χ1n) is 7.38. The van der Waals surface area contributed by atoms with Gasteiger partial charge < -0.3 is 15.2 Å². The summed E-state index contributed by atoms with van der Waals surface area (Å²) in [5.41, 5.74) is 10.4. The molecule has 0 aromatic heterocycles. The molecule has 124 valence electrons. The van der Waals surface area contributed by atoms with E-state index in [1.165, 1.54) is 0 Å². The summed E-state index contributed by atoms with van der Waals surface area (Å²) in [4.78, 5) is 5.34. The fraction of sp³-hybridized carbons (Fsp3) is 0.500. The molecule has 1 aromatic carbocycles. The lowest BCUT2D eigenvalue weighted by molar-refractivity contribution is 0.0696. The van der Waals surface area contributed by atoms with Crippen LogP contribution in [0.5, 0.6) is 0 Å². The molecule has 5 nitrogen and oxygen atoms in total. The number of hydrogen-bond donors (Lipinski definition) is 2. The first kappa shape index (κ1) is 19.1. The normalized spacial score (nSPS) is 11.7. The van der Waals surface area contributed by atoms with E-state index in [1.807, 2.05) is 24.3 Å². The zero-order chi connectivity index (χ0) is 16.0. The molecule has 0 atom stereocenters. The number of hydrogen-bond acceptors (Lipinski definition) is 5. The summed E-state index contributed by atoms with van der Waals surface area (Å²) in [6, 6.07) is 8.07. The number of rotatable bonds is 12. The quantitative estimate of drug-likeness (QED) is 0.436. The van der Waals surface area contributed by atoms with Crippen molar-refractivity contribution in [1.82, 2.24) is 5.48 Å². The smallest absolute Gasteiger partial charge is 0.0868 e. The van der Waals surface area contributed by atoms with Gasteiger partial charge in [-0.2, -0.15) is 0 Å². The Labute approximate surface area is 140 Å². The lowest BCUT2D eigenvalue weighted by atomic mass is 10.1. The number of ether oxygens (including phenoxy) is 2. The summed E-state index contributed by atoms with van der Waals surface area (Å²) < 4.78 is 11.4. The standard InChI is InChI=1S/C16H25BrN2O3/c1-20-12-13-21-10-3-2-4-16(19-22-11-9-18)14-5-7-15(17)8-6-14/h4-8,19H,2-3,9-13,18H2,1H3. The Kier molecular flexibility index (Phi) is 11.0. The van der Waals surface area contributed by atoms with E-state index in [0.29, 0.717) is 26.4 Å². The first-order valence-corrected chi connectivity index (χ1v) is 8.18. The predicted octanol–water partition coefficient (Wildman–Crippen LogP) is 2.71. The highest BCUT2D eigenvalue weighted by Crippen LogP contribution is 2.17. The Bertz CT molecular complexity index is 424. The van der Waals surface area contributed by atoms with Crippen LogP contribution < -0.4 is 11.2 Å². The molecular weight excluding hydrogens is 348 g/mol. The predicted molar refractivity (Wildman–Crippen MR) is 92.2 cm³/mol. The van der Waals surface area contributed by atoms with E-state index in [9.17, 15) is 0 Å². The van der Waals surface area contributed by atoms with Crippen LogP contribution in [0.25, 0.3) is 5.70 Å². The number of halogens is 1. The van der Waals surface area contributed by atoms with Gasteiger partial charge in [0.2, 0.25) is 0 Å². The lowest BCUT2D eigenvalue weighted by Crippen LogP contribution is -2.18. The van der Waals surface area contributed by atoms with Crippen LogP contribution in [0.15, 0.2) is 34.8 Å². The SMILES string of the molecule is COCCOCCCC=C(NOCCN)c1ccc(Br)cc1. The van der Waals surface area contributed by atoms with Crippen molar-refractivity contribution >= 4 is 21.6 Å². The summed E-state index contributed by atoms with van der Waals surface area (Å²) in [5, 5.41) is 0. The van der Waals surface area contributed by atoms with Gasteiger partial charge in [0.15, 0.2) is 0 Å². The topological polar surface area (TPSA) is 65.7 Å². The van der Waals surface area contributed by atoms with Crippen LogP contribution in [0, 0.1) is 0 Å². The Morgan fingerprint density at radius 2 is 1.95 bits per heavy atom. The van der Waals surface area contributed by atoms with Gasteiger partial charge in [0.25, 0.3) is 0 Å². The molecule has 0 aliphatic heterocycles. The summed E-state index contributed by atoms with van der Waals surface area (Å²) in [7, 11) is 1.67. The number of hydroxylamine groups is 1. The van der Waals surface area contributed by atoms with Gasteiger partial charge in [-0.15, -0.1) is 0 Å². The van der Waals surface area contributed by atoms with E-state index in [-0.39, 0.29) is 0 Å². The monoisotopic (exact) mass is 372 g/mol. The van der Waals surface area contributed by atoms with Crippen LogP contribution in [0.4, 0.5) is 0 Å². The lowest BCUT2D eigenvalue weighted by Gasteiger charge is -2.11. The summed E-state index contributed by atoms with van der Waals surface area (Å²) in [6.45, 7) is 2.94. The molecule has 0 radical (unpaired) electrons. The first-order chi connectivity index (χ1) is 10.8. The van der Waals surface area contributed by atoms with Crippen molar-refractivity contribution in [3.8, 4) is 0 Å². The molecule has 0 saturated heterocycles. The Hall–Kier alpha value is -0.920. The minimum absolute atomic E-state index is 0.466. The van der Waals surface area contributed by atoms with Crippen LogP contribution in [0.1, 0.15) is 18.4 Å². The van der Waals surface area contributed by atoms with E-state index in [2.05, 4.69) is 27.5 Å². The second-order valence-electron chi connectivity index (χ2n) is 4.61. The Balaban J connectivity index is 2.46. The zero-order valence-corrected chi connectivity index (χ0v) is 14.6. The number of benzene rings is 1. The van der Waals surface area contributed by atoms with Crippen molar-refractivity contribution < 1.29 is 14.3 Å². The van der Waals surface area contributed by atoms with Gasteiger partial charge in [0.1, 0.15) is 0 Å². The molecular formula is C16H25BrN2O3. The van der Waals surface area contributed by atoms with Crippen molar-refractivity contribution in [1.29, 1.82) is 0 Å². The molecule has 1 rings (SSSR count). The molecule has 0 bridgehead atoms. The minimum Gasteiger partial charge on any atom is -0.382 e. The average Bonchev–Trinajstić information content (AvgIpc) is 2.53. The van der Waals surface area contributed by atoms with Crippen molar-refractivity contribution in [2.75, 3.05) is 40.1 Å². The zero-order valence-electron chi connectivity index (χ0n) is 13.0. The molecule has 22 heavy (non-hydrogen) atoms. The second kappa shape index (κ2) is 12.6. The molecule has 0 spiro atoms. The Morgan fingerprint density at radius 1 is 1.18 bits per heavy atom. The van der Waals surface area contributed by atoms with Crippen molar-refractivity contribution in [2.45, 2.75) is 12.8 Å². The van der Waals surface area contributed by atoms with Gasteiger partial charge >= 0.3 is 0 Å². The van der Waals surface area contributed by atoms with Crippen LogP contribution in [-0.4, -0.2) is 40.1 Å². The molecule has 1 aromatic rings. The molecule has 3 N–H and O–H groups in total. The maximum Gasteiger partial charge on any atom is 0.0868 e. The van der Waals surface area contributed by atoms with Crippen LogP contribution in [-0.2, 0) is 14.3 Å². The van der Waals surface area contributed by atoms with Gasteiger partial charge in [-0.3, -0.25) is 10.3 Å². The van der Waals surface area contributed by atoms with E-state index in [1.54, 1.807) is 7.11 Å². The molecule has 6 heteroatoms. The highest BCUT2D eigenvalue weighted by Gasteiger charge is 2.01. The third kappa shape index (κ3) is 8.51. The van der Waals surface area contributed by atoms with Crippen LogP contribution in [0.3, 0.4) is 0 Å².